The molecule has 0 bridgehead atoms. The summed E-state index contributed by atoms with van der Waals surface area (Å²) in [6, 6.07) is 17.6. The molecule has 1 aliphatic heterocycles. The summed E-state index contributed by atoms with van der Waals surface area (Å²) in [5.41, 5.74) is 4.37. The first-order chi connectivity index (χ1) is 15.6. The van der Waals surface area contributed by atoms with Crippen LogP contribution in [0.3, 0.4) is 0 Å². The number of nitrogens with one attached hydrogen (secondary N) is 1. The van der Waals surface area contributed by atoms with Crippen LogP contribution in [-0.4, -0.2) is 28.3 Å². The molecule has 1 N–H and O–H groups in total. The summed E-state index contributed by atoms with van der Waals surface area (Å²) in [5, 5.41) is 2.90. The molecule has 4 aromatic rings. The maximum absolute atomic E-state index is 14.4. The fourth-order valence-corrected chi connectivity index (χ4v) is 3.78. The number of hydrogen-bond donors (Lipinski definition) is 1. The van der Waals surface area contributed by atoms with Crippen LogP contribution in [0, 0.1) is 5.82 Å². The van der Waals surface area contributed by atoms with Crippen LogP contribution in [0.5, 0.6) is 5.75 Å². The molecule has 0 aliphatic carbocycles. The van der Waals surface area contributed by atoms with Crippen LogP contribution in [0.4, 0.5) is 15.8 Å². The standard InChI is InChI=1S/C25H19FN4O2/c1-32-24-13-23-22(12-19(24)18-7-2-3-8-20(18)26)29-25(31)14-21(28-23)16-5-4-6-17(11-16)30-10-9-27-15-30/h2-13,15H,14H2,1H3,(H,29,31). The number of aliphatic imine (C=N–C) groups is 1. The van der Waals surface area contributed by atoms with Gasteiger partial charge in [-0.25, -0.2) is 14.4 Å². The Morgan fingerprint density at radius 3 is 2.72 bits per heavy atom. The fourth-order valence-electron chi connectivity index (χ4n) is 3.78. The second-order valence-electron chi connectivity index (χ2n) is 7.35. The molecule has 0 unspecified atom stereocenters. The molecule has 7 heteroatoms. The third kappa shape index (κ3) is 3.65. The molecule has 0 atom stereocenters. The molecule has 0 saturated carbocycles. The van der Waals surface area contributed by atoms with E-state index in [0.29, 0.717) is 34.0 Å². The largest absolute Gasteiger partial charge is 0.496 e. The number of fused-ring (bicyclic) bond motifs is 1. The Balaban J connectivity index is 1.62. The molecule has 1 aromatic heterocycles. The van der Waals surface area contributed by atoms with Gasteiger partial charge in [0.1, 0.15) is 11.6 Å². The molecular weight excluding hydrogens is 407 g/mol. The van der Waals surface area contributed by atoms with Crippen LogP contribution in [0.1, 0.15) is 12.0 Å². The molecule has 0 saturated heterocycles. The van der Waals surface area contributed by atoms with Crippen LogP contribution in [0.25, 0.3) is 16.8 Å². The van der Waals surface area contributed by atoms with E-state index < -0.39 is 0 Å². The number of nitrogens with zero attached hydrogens (tertiary/aromatic N) is 3. The van der Waals surface area contributed by atoms with Gasteiger partial charge in [0.25, 0.3) is 0 Å². The average Bonchev–Trinajstić information content (AvgIpc) is 3.29. The molecule has 1 amide bonds. The number of imidazole rings is 1. The topological polar surface area (TPSA) is 68.5 Å². The zero-order valence-corrected chi connectivity index (χ0v) is 17.2. The van der Waals surface area contributed by atoms with E-state index in [4.69, 9.17) is 9.73 Å². The Morgan fingerprint density at radius 1 is 1.06 bits per heavy atom. The molecule has 158 valence electrons. The highest BCUT2D eigenvalue weighted by molar-refractivity contribution is 6.17. The molecule has 0 fully saturated rings. The molecule has 5 rings (SSSR count). The van der Waals surface area contributed by atoms with Crippen LogP contribution >= 0.6 is 0 Å². The number of carbonyl (C=O) groups is 1. The van der Waals surface area contributed by atoms with Crippen molar-refractivity contribution in [1.82, 2.24) is 9.55 Å². The lowest BCUT2D eigenvalue weighted by molar-refractivity contribution is -0.115. The maximum atomic E-state index is 14.4. The third-order valence-electron chi connectivity index (χ3n) is 5.32. The van der Waals surface area contributed by atoms with Gasteiger partial charge in [-0.3, -0.25) is 4.79 Å². The molecule has 32 heavy (non-hydrogen) atoms. The molecular formula is C25H19FN4O2. The van der Waals surface area contributed by atoms with Gasteiger partial charge in [-0.1, -0.05) is 30.3 Å². The normalized spacial score (nSPS) is 13.1. The van der Waals surface area contributed by atoms with Gasteiger partial charge in [0.2, 0.25) is 5.91 Å². The lowest BCUT2D eigenvalue weighted by Crippen LogP contribution is -2.15. The average molecular weight is 426 g/mol. The molecule has 0 spiro atoms. The number of methoxy groups -OCH3 is 1. The van der Waals surface area contributed by atoms with E-state index in [1.54, 1.807) is 42.9 Å². The maximum Gasteiger partial charge on any atom is 0.230 e. The first-order valence-corrected chi connectivity index (χ1v) is 10.1. The summed E-state index contributed by atoms with van der Waals surface area (Å²) in [4.78, 5) is 21.6. The minimum atomic E-state index is -0.369. The van der Waals surface area contributed by atoms with Crippen molar-refractivity contribution < 1.29 is 13.9 Å². The molecule has 0 radical (unpaired) electrons. The predicted octanol–water partition coefficient (Wildman–Crippen LogP) is 5.15. The second-order valence-corrected chi connectivity index (χ2v) is 7.35. The van der Waals surface area contributed by atoms with Gasteiger partial charge in [-0.05, 0) is 29.8 Å². The van der Waals surface area contributed by atoms with E-state index in [-0.39, 0.29) is 18.1 Å². The quantitative estimate of drug-likeness (QED) is 0.491. The SMILES string of the molecule is COc1cc2c(cc1-c1ccccc1F)NC(=O)CC(c1cccc(-n3ccnc3)c1)=N2. The van der Waals surface area contributed by atoms with E-state index in [0.717, 1.165) is 11.3 Å². The Hall–Kier alpha value is -4.26. The zero-order valence-electron chi connectivity index (χ0n) is 17.2. The smallest absolute Gasteiger partial charge is 0.230 e. The Labute approximate surface area is 184 Å². The first kappa shape index (κ1) is 19.7. The van der Waals surface area contributed by atoms with E-state index in [2.05, 4.69) is 10.3 Å². The number of rotatable bonds is 4. The summed E-state index contributed by atoms with van der Waals surface area (Å²) >= 11 is 0. The number of hydrogen-bond acceptors (Lipinski definition) is 4. The number of amides is 1. The molecule has 6 nitrogen and oxygen atoms in total. The number of aromatic nitrogens is 2. The van der Waals surface area contributed by atoms with Crippen LogP contribution in [-0.2, 0) is 4.79 Å². The molecule has 1 aliphatic rings. The van der Waals surface area contributed by atoms with Crippen molar-refractivity contribution in [2.75, 3.05) is 12.4 Å². The Morgan fingerprint density at radius 2 is 1.94 bits per heavy atom. The second kappa shape index (κ2) is 8.11. The van der Waals surface area contributed by atoms with Crippen molar-refractivity contribution in [3.63, 3.8) is 0 Å². The van der Waals surface area contributed by atoms with Gasteiger partial charge in [-0.2, -0.15) is 0 Å². The van der Waals surface area contributed by atoms with Gasteiger partial charge in [0, 0.05) is 35.3 Å². The number of anilines is 1. The molecule has 2 heterocycles. The van der Waals surface area contributed by atoms with Crippen LogP contribution < -0.4 is 10.1 Å². The fraction of sp³-hybridized carbons (Fsp3) is 0.0800. The number of carbonyl (C=O) groups excluding carboxylic acids is 1. The molecule has 3 aromatic carbocycles. The lowest BCUT2D eigenvalue weighted by Gasteiger charge is -2.14. The number of halogens is 1. The Kier molecular flexibility index (Phi) is 4.99. The number of benzene rings is 3. The lowest BCUT2D eigenvalue weighted by atomic mass is 10.0. The first-order valence-electron chi connectivity index (χ1n) is 10.1. The van der Waals surface area contributed by atoms with Gasteiger partial charge < -0.3 is 14.6 Å². The van der Waals surface area contributed by atoms with Crippen LogP contribution in [0.15, 0.2) is 84.4 Å². The van der Waals surface area contributed by atoms with Crippen LogP contribution in [0.2, 0.25) is 0 Å². The van der Waals surface area contributed by atoms with E-state index in [1.165, 1.54) is 13.2 Å². The van der Waals surface area contributed by atoms with Gasteiger partial charge in [0.05, 0.1) is 36.9 Å². The summed E-state index contributed by atoms with van der Waals surface area (Å²) in [6.45, 7) is 0. The highest BCUT2D eigenvalue weighted by atomic mass is 19.1. The highest BCUT2D eigenvalue weighted by Gasteiger charge is 2.21. The highest BCUT2D eigenvalue weighted by Crippen LogP contribution is 2.41. The van der Waals surface area contributed by atoms with Gasteiger partial charge >= 0.3 is 0 Å². The van der Waals surface area contributed by atoms with E-state index >= 15 is 0 Å². The minimum absolute atomic E-state index is 0.111. The minimum Gasteiger partial charge on any atom is -0.496 e. The van der Waals surface area contributed by atoms with Crippen molar-refractivity contribution in [3.05, 3.63) is 90.8 Å². The summed E-state index contributed by atoms with van der Waals surface area (Å²) in [7, 11) is 1.53. The third-order valence-corrected chi connectivity index (χ3v) is 5.32. The van der Waals surface area contributed by atoms with Crippen molar-refractivity contribution >= 4 is 23.0 Å². The van der Waals surface area contributed by atoms with Crippen molar-refractivity contribution in [2.24, 2.45) is 4.99 Å². The predicted molar refractivity (Wildman–Crippen MR) is 121 cm³/mol. The van der Waals surface area contributed by atoms with Crippen molar-refractivity contribution in [1.29, 1.82) is 0 Å². The monoisotopic (exact) mass is 426 g/mol. The zero-order chi connectivity index (χ0) is 22.1. The van der Waals surface area contributed by atoms with Crippen molar-refractivity contribution in [2.45, 2.75) is 6.42 Å². The van der Waals surface area contributed by atoms with Crippen molar-refractivity contribution in [3.8, 4) is 22.6 Å². The summed E-state index contributed by atoms with van der Waals surface area (Å²) < 4.78 is 21.9. The summed E-state index contributed by atoms with van der Waals surface area (Å²) in [5.74, 6) is -0.0911. The Bertz CT molecular complexity index is 1350. The van der Waals surface area contributed by atoms with Gasteiger partial charge in [-0.15, -0.1) is 0 Å². The number of ether oxygens (including phenoxy) is 1. The van der Waals surface area contributed by atoms with E-state index in [1.807, 2.05) is 35.0 Å². The summed E-state index contributed by atoms with van der Waals surface area (Å²) in [6.07, 6.45) is 5.38. The van der Waals surface area contributed by atoms with E-state index in [9.17, 15) is 9.18 Å². The van der Waals surface area contributed by atoms with Gasteiger partial charge in [0.15, 0.2) is 0 Å².